The number of rotatable bonds is 18. The first-order valence-corrected chi connectivity index (χ1v) is 32.1. The topological polar surface area (TPSA) is 439 Å². The molecule has 9 rings (SSSR count). The van der Waals surface area contributed by atoms with E-state index in [1.165, 1.54) is 28.1 Å². The average molecular weight is 1270 g/mol. The Morgan fingerprint density at radius 2 is 1.51 bits per heavy atom. The molecular weight excluding hydrogens is 1200 g/mol. The van der Waals surface area contributed by atoms with Gasteiger partial charge in [-0.15, -0.1) is 0 Å². The predicted octanol–water partition coefficient (Wildman–Crippen LogP) is 2.46. The van der Waals surface area contributed by atoms with E-state index in [0.29, 0.717) is 17.7 Å². The molecular formula is C48H63FN16O16P2S2. The minimum Gasteiger partial charge on any atom is -0.454 e. The van der Waals surface area contributed by atoms with Crippen LogP contribution in [0.2, 0.25) is 0 Å². The summed E-state index contributed by atoms with van der Waals surface area (Å²) in [6, 6.07) is 3.10. The van der Waals surface area contributed by atoms with Crippen LogP contribution in [-0.2, 0) is 79.2 Å². The highest BCUT2D eigenvalue weighted by molar-refractivity contribution is 8.44. The zero-order valence-electron chi connectivity index (χ0n) is 45.7. The molecule has 0 spiro atoms. The molecule has 3 aliphatic heterocycles. The van der Waals surface area contributed by atoms with Gasteiger partial charge in [-0.1, -0.05) is 45.2 Å². The van der Waals surface area contributed by atoms with Crippen molar-refractivity contribution < 1.29 is 79.7 Å². The number of nitrogen functional groups attached to an aromatic ring is 2. The molecule has 6 amide bonds. The number of imidazole rings is 2. The van der Waals surface area contributed by atoms with Gasteiger partial charge in [0, 0.05) is 24.7 Å². The largest absolute Gasteiger partial charge is 0.454 e. The lowest BCUT2D eigenvalue weighted by molar-refractivity contribution is -0.163. The number of fused-ring (bicyclic) bond motifs is 4. The molecule has 4 fully saturated rings. The van der Waals surface area contributed by atoms with Crippen LogP contribution in [0, 0.1) is 11.8 Å². The Morgan fingerprint density at radius 3 is 2.15 bits per heavy atom. The van der Waals surface area contributed by atoms with E-state index < -0.39 is 130 Å². The lowest BCUT2D eigenvalue weighted by Gasteiger charge is -2.30. The summed E-state index contributed by atoms with van der Waals surface area (Å²) in [6.45, 7) is -5.30. The van der Waals surface area contributed by atoms with E-state index in [9.17, 15) is 38.2 Å². The number of nitrogens with zero attached hydrogens (tertiary/aromatic N) is 8. The molecule has 5 aromatic rings. The molecule has 4 aromatic heterocycles. The number of ether oxygens (including phenoxy) is 4. The highest BCUT2D eigenvalue weighted by Crippen LogP contribution is 2.59. The van der Waals surface area contributed by atoms with Crippen LogP contribution in [0.15, 0.2) is 49.6 Å². The molecule has 37 heteroatoms. The third kappa shape index (κ3) is 15.1. The van der Waals surface area contributed by atoms with Crippen LogP contribution >= 0.6 is 25.8 Å². The van der Waals surface area contributed by atoms with E-state index in [1.54, 1.807) is 45.0 Å². The Kier molecular flexibility index (Phi) is 19.8. The number of hydrogen-bond acceptors (Lipinski definition) is 24. The van der Waals surface area contributed by atoms with Crippen LogP contribution in [0.3, 0.4) is 0 Å². The summed E-state index contributed by atoms with van der Waals surface area (Å²) in [6.07, 6.45) is -7.33. The molecule has 4 unspecified atom stereocenters. The maximum atomic E-state index is 16.5. The summed E-state index contributed by atoms with van der Waals surface area (Å²) in [5.41, 5.74) is 18.7. The highest BCUT2D eigenvalue weighted by atomic mass is 32.7. The number of halogens is 1. The summed E-state index contributed by atoms with van der Waals surface area (Å²) in [5.74, 6) is -3.32. The maximum Gasteiger partial charge on any atom is 0.407 e. The Hall–Kier alpha value is -6.78. The Balaban J connectivity index is 0.833. The maximum absolute atomic E-state index is 16.5. The third-order valence-corrected chi connectivity index (χ3v) is 17.5. The van der Waals surface area contributed by atoms with Gasteiger partial charge in [-0.05, 0) is 67.5 Å². The van der Waals surface area contributed by atoms with Crippen LogP contribution in [0.4, 0.5) is 31.3 Å². The number of nitrogens with one attached hydrogen (secondary N) is 5. The Labute approximate surface area is 493 Å². The fraction of sp³-hybridized carbons (Fsp3) is 0.542. The summed E-state index contributed by atoms with van der Waals surface area (Å²) in [4.78, 5) is 114. The van der Waals surface area contributed by atoms with Gasteiger partial charge < -0.3 is 72.1 Å². The van der Waals surface area contributed by atoms with Crippen molar-refractivity contribution in [3.8, 4) is 0 Å². The fourth-order valence-corrected chi connectivity index (χ4v) is 12.9. The molecule has 85 heavy (non-hydrogen) atoms. The number of esters is 1. The molecule has 3 saturated heterocycles. The zero-order chi connectivity index (χ0) is 60.9. The number of carbonyl (C=O) groups is 6. The van der Waals surface area contributed by atoms with Crippen molar-refractivity contribution in [2.24, 2.45) is 17.6 Å². The first kappa shape index (κ1) is 62.7. The normalized spacial score (nSPS) is 28.5. The molecule has 4 aliphatic rings. The van der Waals surface area contributed by atoms with E-state index >= 15 is 4.39 Å². The van der Waals surface area contributed by atoms with Gasteiger partial charge in [-0.25, -0.2) is 48.4 Å². The molecule has 1 saturated carbocycles. The number of primary amides is 1. The van der Waals surface area contributed by atoms with Crippen LogP contribution in [-0.4, -0.2) is 154 Å². The number of carbonyl (C=O) groups excluding carboxylic acids is 6. The van der Waals surface area contributed by atoms with Crippen molar-refractivity contribution in [1.29, 1.82) is 0 Å². The number of urea groups is 1. The van der Waals surface area contributed by atoms with Gasteiger partial charge in [0.2, 0.25) is 17.7 Å². The monoisotopic (exact) mass is 1260 g/mol. The second kappa shape index (κ2) is 26.9. The molecule has 0 radical (unpaired) electrons. The first-order chi connectivity index (χ1) is 40.5. The van der Waals surface area contributed by atoms with Gasteiger partial charge in [0.05, 0.1) is 31.8 Å². The van der Waals surface area contributed by atoms with Crippen molar-refractivity contribution in [3.05, 3.63) is 55.1 Å². The van der Waals surface area contributed by atoms with Crippen LogP contribution in [0.25, 0.3) is 22.3 Å². The third-order valence-electron chi connectivity index (χ3n) is 14.3. The van der Waals surface area contributed by atoms with Gasteiger partial charge in [0.25, 0.3) is 0 Å². The molecule has 7 heterocycles. The summed E-state index contributed by atoms with van der Waals surface area (Å²) in [5, 5.41) is 13.4. The number of amides is 6. The lowest BCUT2D eigenvalue weighted by atomic mass is 10.0. The van der Waals surface area contributed by atoms with Crippen LogP contribution < -0.4 is 43.8 Å². The molecule has 14 atom stereocenters. The second-order valence-corrected chi connectivity index (χ2v) is 26.2. The molecule has 460 valence electrons. The SMILES string of the molecule is CCC(=O)N[C@H](C(=O)N[C@@H](CCCNC(N)=O)C(=O)Nc1ccc(COC(=O)N[C@@H]2CC[C@@H](C(=O)O[C@@H]3[C@@H]4OP(O)(=S)OCC5O[C@@H](n6cnc7c(N)ncnc76)[C@H](F)[C@@H]5OP(=O)(S)OCC4O[C@H]3n3cnc4c(N)ncnc43)C2)cc1)C(C)C. The van der Waals surface area contributed by atoms with Gasteiger partial charge >= 0.3 is 31.6 Å². The molecule has 12 N–H and O–H groups in total. The van der Waals surface area contributed by atoms with Crippen LogP contribution in [0.1, 0.15) is 77.3 Å². The summed E-state index contributed by atoms with van der Waals surface area (Å²) in [7, 11) is 0. The average Bonchev–Trinajstić information content (AvgIpc) is 4.51. The van der Waals surface area contributed by atoms with Gasteiger partial charge in [0.15, 0.2) is 47.7 Å². The molecule has 0 bridgehead atoms. The van der Waals surface area contributed by atoms with E-state index in [-0.39, 0.29) is 91.0 Å². The fourth-order valence-electron chi connectivity index (χ4n) is 10.00. The highest BCUT2D eigenvalue weighted by Gasteiger charge is 2.55. The predicted molar refractivity (Wildman–Crippen MR) is 302 cm³/mol. The zero-order valence-corrected chi connectivity index (χ0v) is 49.2. The number of aromatic nitrogens is 8. The Bertz CT molecular complexity index is 3390. The molecule has 1 aliphatic carbocycles. The van der Waals surface area contributed by atoms with E-state index in [0.717, 1.165) is 6.33 Å². The summed E-state index contributed by atoms with van der Waals surface area (Å²) >= 11 is 9.66. The number of alkyl halides is 1. The number of nitrogens with two attached hydrogens (primary N) is 3. The van der Waals surface area contributed by atoms with Crippen molar-refractivity contribution in [2.75, 3.05) is 36.5 Å². The quantitative estimate of drug-likeness (QED) is 0.0261. The number of anilines is 3. The first-order valence-electron chi connectivity index (χ1n) is 26.8. The number of hydrogen-bond donors (Lipinski definition) is 10. The van der Waals surface area contributed by atoms with Gasteiger partial charge in [-0.3, -0.25) is 41.9 Å². The number of thiol groups is 1. The van der Waals surface area contributed by atoms with Crippen molar-refractivity contribution in [1.82, 2.24) is 60.3 Å². The Morgan fingerprint density at radius 1 is 0.871 bits per heavy atom. The minimum absolute atomic E-state index is 0.00680. The molecule has 1 aromatic carbocycles. The van der Waals surface area contributed by atoms with Crippen LogP contribution in [0.5, 0.6) is 0 Å². The second-order valence-electron chi connectivity index (χ2n) is 20.6. The van der Waals surface area contributed by atoms with Crippen molar-refractivity contribution in [3.63, 3.8) is 0 Å². The smallest absolute Gasteiger partial charge is 0.407 e. The van der Waals surface area contributed by atoms with Crippen molar-refractivity contribution >= 4 is 113 Å². The standard InChI is InChI=1S/C48H63FN16O16P2S2/c1-4-30(66)63-32(22(2)3)43(68)62-27(6-5-13-53-47(52)70)42(67)60-25-10-7-23(8-11-25)15-74-48(71)61-26-12-9-24(14-26)46(69)79-37-36-29(78-45(37)65-21-59-34-39(51)55-19-57-41(34)65)17-76-82(72,84)80-35-28(16-75-83(73,85)81-36)77-44(31(35)49)64-20-58-33-38(50)54-18-56-40(33)64/h7-8,10-11,18-22,24,26-29,31-32,35-37,44-45H,4-6,9,12-17H2,1-3H3,(H,60,67)(H,61,71)(H,62,68)(H,63,66)(H,72,84)(H,73,85)(H2,50,54,56)(H2,51,55,57)(H3,52,53,70)/t24-,26-,27+,28?,29?,31-,32+,35-,36-,37-,44-,45-,82?,83?/m1/s1. The summed E-state index contributed by atoms with van der Waals surface area (Å²) < 4.78 is 80.6. The van der Waals surface area contributed by atoms with E-state index in [4.69, 9.17) is 66.1 Å². The molecule has 32 nitrogen and oxygen atoms in total. The minimum atomic E-state index is -4.57. The van der Waals surface area contributed by atoms with E-state index in [2.05, 4.69) is 68.7 Å². The van der Waals surface area contributed by atoms with E-state index in [1.807, 2.05) is 0 Å². The van der Waals surface area contributed by atoms with Gasteiger partial charge in [-0.2, -0.15) is 0 Å². The lowest BCUT2D eigenvalue weighted by Crippen LogP contribution is -2.54. The number of benzene rings is 1. The van der Waals surface area contributed by atoms with Gasteiger partial charge in [0.1, 0.15) is 66.8 Å². The number of alkyl carbamates (subject to hydrolysis) is 1. The van der Waals surface area contributed by atoms with Crippen molar-refractivity contribution in [2.45, 2.75) is 133 Å².